The summed E-state index contributed by atoms with van der Waals surface area (Å²) in [6.07, 6.45) is 3.84. The molecular weight excluding hydrogens is 234 g/mol. The van der Waals surface area contributed by atoms with Gasteiger partial charge in [0.2, 0.25) is 0 Å². The number of rotatable bonds is 5. The highest BCUT2D eigenvalue weighted by Crippen LogP contribution is 2.45. The summed E-state index contributed by atoms with van der Waals surface area (Å²) in [5.74, 6) is 3.59. The molecule has 0 amide bonds. The number of ether oxygens (including phenoxy) is 1. The Bertz CT molecular complexity index is 431. The fourth-order valence-electron chi connectivity index (χ4n) is 3.55. The summed E-state index contributed by atoms with van der Waals surface area (Å²) >= 11 is 0. The van der Waals surface area contributed by atoms with E-state index in [0.29, 0.717) is 12.0 Å². The lowest BCUT2D eigenvalue weighted by atomic mass is 9.86. The Morgan fingerprint density at radius 3 is 2.89 bits per heavy atom. The zero-order valence-corrected chi connectivity index (χ0v) is 12.1. The molecule has 1 aliphatic carbocycles. The van der Waals surface area contributed by atoms with Gasteiger partial charge < -0.3 is 10.1 Å². The Hall–Kier alpha value is -1.02. The third-order valence-electron chi connectivity index (χ3n) is 4.78. The second kappa shape index (κ2) is 5.54. The number of nitrogens with one attached hydrogen (secondary N) is 1. The molecular formula is C17H25NO. The summed E-state index contributed by atoms with van der Waals surface area (Å²) < 4.78 is 5.77. The van der Waals surface area contributed by atoms with Crippen LogP contribution in [0.2, 0.25) is 0 Å². The van der Waals surface area contributed by atoms with Gasteiger partial charge >= 0.3 is 0 Å². The molecule has 1 aliphatic heterocycles. The highest BCUT2D eigenvalue weighted by Gasteiger charge is 2.40. The molecule has 2 nitrogen and oxygen atoms in total. The molecule has 1 aromatic carbocycles. The Labute approximate surface area is 116 Å². The molecule has 1 N–H and O–H groups in total. The van der Waals surface area contributed by atoms with Gasteiger partial charge in [-0.05, 0) is 55.2 Å². The smallest absolute Gasteiger partial charge is 0.122 e. The molecule has 0 saturated heterocycles. The van der Waals surface area contributed by atoms with Crippen molar-refractivity contribution in [1.29, 1.82) is 0 Å². The molecule has 4 unspecified atom stereocenters. The molecule has 1 saturated carbocycles. The van der Waals surface area contributed by atoms with Crippen LogP contribution in [0, 0.1) is 11.8 Å². The Balaban J connectivity index is 1.72. The van der Waals surface area contributed by atoms with Crippen molar-refractivity contribution >= 4 is 0 Å². The molecule has 2 heteroatoms. The van der Waals surface area contributed by atoms with Crippen LogP contribution in [0.15, 0.2) is 24.3 Å². The largest absolute Gasteiger partial charge is 0.493 e. The SMILES string of the molecule is CCNC(CC1CCOc2ccccc21)C1CC1C. The quantitative estimate of drug-likeness (QED) is 0.872. The summed E-state index contributed by atoms with van der Waals surface area (Å²) in [7, 11) is 0. The molecule has 0 spiro atoms. The summed E-state index contributed by atoms with van der Waals surface area (Å²) in [5.41, 5.74) is 1.42. The first kappa shape index (κ1) is 13.0. The van der Waals surface area contributed by atoms with Crippen LogP contribution >= 0.6 is 0 Å². The standard InChI is InChI=1S/C17H25NO/c1-3-18-16(15-10-12(15)2)11-13-8-9-19-17-7-5-4-6-14(13)17/h4-7,12-13,15-16,18H,3,8-11H2,1-2H3. The van der Waals surface area contributed by atoms with E-state index in [1.807, 2.05) is 0 Å². The van der Waals surface area contributed by atoms with Crippen molar-refractivity contribution in [3.63, 3.8) is 0 Å². The number of para-hydroxylation sites is 1. The highest BCUT2D eigenvalue weighted by atomic mass is 16.5. The van der Waals surface area contributed by atoms with E-state index in [9.17, 15) is 0 Å². The van der Waals surface area contributed by atoms with Crippen LogP contribution in [-0.2, 0) is 0 Å². The van der Waals surface area contributed by atoms with Crippen molar-refractivity contribution in [3.05, 3.63) is 29.8 Å². The Morgan fingerprint density at radius 1 is 1.37 bits per heavy atom. The molecule has 1 fully saturated rings. The average Bonchev–Trinajstić information content (AvgIpc) is 3.16. The van der Waals surface area contributed by atoms with E-state index in [1.165, 1.54) is 24.8 Å². The van der Waals surface area contributed by atoms with Gasteiger partial charge in [-0.15, -0.1) is 0 Å². The first-order chi connectivity index (χ1) is 9.29. The lowest BCUT2D eigenvalue weighted by molar-refractivity contribution is 0.251. The second-order valence-electron chi connectivity index (χ2n) is 6.15. The van der Waals surface area contributed by atoms with Crippen molar-refractivity contribution in [2.24, 2.45) is 11.8 Å². The maximum absolute atomic E-state index is 5.77. The average molecular weight is 259 g/mol. The second-order valence-corrected chi connectivity index (χ2v) is 6.15. The van der Waals surface area contributed by atoms with Crippen molar-refractivity contribution in [2.45, 2.75) is 45.1 Å². The fourth-order valence-corrected chi connectivity index (χ4v) is 3.55. The van der Waals surface area contributed by atoms with E-state index >= 15 is 0 Å². The van der Waals surface area contributed by atoms with E-state index in [-0.39, 0.29) is 0 Å². The monoisotopic (exact) mass is 259 g/mol. The zero-order valence-electron chi connectivity index (χ0n) is 12.1. The van der Waals surface area contributed by atoms with Crippen LogP contribution in [0.5, 0.6) is 5.75 Å². The van der Waals surface area contributed by atoms with Gasteiger partial charge in [-0.3, -0.25) is 0 Å². The maximum Gasteiger partial charge on any atom is 0.122 e. The number of hydrogen-bond donors (Lipinski definition) is 1. The molecule has 3 rings (SSSR count). The van der Waals surface area contributed by atoms with E-state index in [4.69, 9.17) is 4.74 Å². The molecule has 2 aliphatic rings. The predicted molar refractivity (Wildman–Crippen MR) is 78.6 cm³/mol. The molecule has 0 aromatic heterocycles. The molecule has 1 heterocycles. The molecule has 19 heavy (non-hydrogen) atoms. The van der Waals surface area contributed by atoms with Gasteiger partial charge in [0.05, 0.1) is 6.61 Å². The lowest BCUT2D eigenvalue weighted by Gasteiger charge is -2.29. The number of benzene rings is 1. The lowest BCUT2D eigenvalue weighted by Crippen LogP contribution is -2.34. The van der Waals surface area contributed by atoms with Crippen molar-refractivity contribution < 1.29 is 4.74 Å². The molecule has 0 bridgehead atoms. The van der Waals surface area contributed by atoms with E-state index in [2.05, 4.69) is 43.4 Å². The Kier molecular flexibility index (Phi) is 3.79. The summed E-state index contributed by atoms with van der Waals surface area (Å²) in [6.45, 7) is 6.56. The van der Waals surface area contributed by atoms with Crippen molar-refractivity contribution in [2.75, 3.05) is 13.2 Å². The highest BCUT2D eigenvalue weighted by molar-refractivity contribution is 5.37. The number of hydrogen-bond acceptors (Lipinski definition) is 2. The van der Waals surface area contributed by atoms with Crippen LogP contribution in [0.25, 0.3) is 0 Å². The summed E-state index contributed by atoms with van der Waals surface area (Å²) in [4.78, 5) is 0. The topological polar surface area (TPSA) is 21.3 Å². The van der Waals surface area contributed by atoms with Crippen LogP contribution < -0.4 is 10.1 Å². The van der Waals surface area contributed by atoms with E-state index in [0.717, 1.165) is 30.7 Å². The van der Waals surface area contributed by atoms with Gasteiger partial charge in [-0.2, -0.15) is 0 Å². The third kappa shape index (κ3) is 2.79. The van der Waals surface area contributed by atoms with Gasteiger partial charge in [0.1, 0.15) is 5.75 Å². The van der Waals surface area contributed by atoms with Crippen molar-refractivity contribution in [1.82, 2.24) is 5.32 Å². The summed E-state index contributed by atoms with van der Waals surface area (Å²) in [5, 5.41) is 3.71. The molecule has 104 valence electrons. The van der Waals surface area contributed by atoms with Gasteiger partial charge in [0, 0.05) is 6.04 Å². The minimum Gasteiger partial charge on any atom is -0.493 e. The molecule has 0 radical (unpaired) electrons. The van der Waals surface area contributed by atoms with Crippen LogP contribution in [0.1, 0.15) is 44.6 Å². The van der Waals surface area contributed by atoms with Gasteiger partial charge in [0.25, 0.3) is 0 Å². The van der Waals surface area contributed by atoms with Crippen LogP contribution in [0.3, 0.4) is 0 Å². The Morgan fingerprint density at radius 2 is 2.16 bits per heavy atom. The van der Waals surface area contributed by atoms with Crippen LogP contribution in [-0.4, -0.2) is 19.2 Å². The van der Waals surface area contributed by atoms with E-state index in [1.54, 1.807) is 0 Å². The first-order valence-electron chi connectivity index (χ1n) is 7.74. The van der Waals surface area contributed by atoms with Gasteiger partial charge in [-0.25, -0.2) is 0 Å². The van der Waals surface area contributed by atoms with E-state index < -0.39 is 0 Å². The minimum atomic E-state index is 0.668. The molecule has 4 atom stereocenters. The normalized spacial score (nSPS) is 30.3. The number of fused-ring (bicyclic) bond motifs is 1. The predicted octanol–water partition coefficient (Wildman–Crippen LogP) is 3.58. The third-order valence-corrected chi connectivity index (χ3v) is 4.78. The van der Waals surface area contributed by atoms with Crippen LogP contribution in [0.4, 0.5) is 0 Å². The fraction of sp³-hybridized carbons (Fsp3) is 0.647. The zero-order chi connectivity index (χ0) is 13.2. The van der Waals surface area contributed by atoms with Gasteiger partial charge in [0.15, 0.2) is 0 Å². The van der Waals surface area contributed by atoms with Crippen molar-refractivity contribution in [3.8, 4) is 5.75 Å². The maximum atomic E-state index is 5.77. The molecule has 1 aromatic rings. The first-order valence-corrected chi connectivity index (χ1v) is 7.74. The minimum absolute atomic E-state index is 0.668. The van der Waals surface area contributed by atoms with Gasteiger partial charge in [-0.1, -0.05) is 32.0 Å². The summed E-state index contributed by atoms with van der Waals surface area (Å²) in [6, 6.07) is 9.27.